The predicted octanol–water partition coefficient (Wildman–Crippen LogP) is 3.38. The molecule has 2 aliphatic heterocycles. The van der Waals surface area contributed by atoms with Gasteiger partial charge in [0.15, 0.2) is 0 Å². The van der Waals surface area contributed by atoms with Crippen LogP contribution >= 0.6 is 0 Å². The zero-order valence-electron chi connectivity index (χ0n) is 23.1. The normalized spacial score (nSPS) is 16.0. The highest BCUT2D eigenvalue weighted by molar-refractivity contribution is 6.03. The topological polar surface area (TPSA) is 112 Å². The summed E-state index contributed by atoms with van der Waals surface area (Å²) in [7, 11) is 0. The van der Waals surface area contributed by atoms with E-state index in [1.54, 1.807) is 57.2 Å². The third-order valence-electron chi connectivity index (χ3n) is 7.75. The van der Waals surface area contributed by atoms with Crippen molar-refractivity contribution in [3.63, 3.8) is 0 Å². The van der Waals surface area contributed by atoms with Crippen LogP contribution in [-0.4, -0.2) is 66.8 Å². The second-order valence-electron chi connectivity index (χ2n) is 10.4. The van der Waals surface area contributed by atoms with Crippen molar-refractivity contribution in [1.29, 1.82) is 10.5 Å². The summed E-state index contributed by atoms with van der Waals surface area (Å²) in [4.78, 5) is 46.5. The molecule has 2 aliphatic rings. The smallest absolute Gasteiger partial charge is 0.254 e. The maximum Gasteiger partial charge on any atom is 0.254 e. The first kappa shape index (κ1) is 27.6. The first-order valence-electron chi connectivity index (χ1n) is 13.5. The molecule has 0 spiro atoms. The first-order chi connectivity index (χ1) is 19.8. The second kappa shape index (κ2) is 11.6. The van der Waals surface area contributed by atoms with Crippen molar-refractivity contribution >= 4 is 29.1 Å². The number of nitriles is 2. The van der Waals surface area contributed by atoms with Crippen molar-refractivity contribution in [3.8, 4) is 12.1 Å². The Labute approximate surface area is 239 Å². The average Bonchev–Trinajstić information content (AvgIpc) is 2.98. The van der Waals surface area contributed by atoms with Crippen molar-refractivity contribution < 1.29 is 14.4 Å². The third-order valence-corrected chi connectivity index (χ3v) is 7.75. The molecule has 3 aromatic carbocycles. The quantitative estimate of drug-likeness (QED) is 0.485. The maximum atomic E-state index is 13.6. The van der Waals surface area contributed by atoms with Crippen LogP contribution < -0.4 is 9.80 Å². The van der Waals surface area contributed by atoms with E-state index in [1.807, 2.05) is 32.0 Å². The summed E-state index contributed by atoms with van der Waals surface area (Å²) in [6.07, 6.45) is 0. The molecule has 9 nitrogen and oxygen atoms in total. The van der Waals surface area contributed by atoms with Crippen LogP contribution in [-0.2, 0) is 16.1 Å². The molecular formula is C32H30N6O3. The highest BCUT2D eigenvalue weighted by Gasteiger charge is 2.31. The van der Waals surface area contributed by atoms with Gasteiger partial charge in [-0.15, -0.1) is 0 Å². The summed E-state index contributed by atoms with van der Waals surface area (Å²) in [5.74, 6) is -0.514. The number of anilines is 2. The van der Waals surface area contributed by atoms with Gasteiger partial charge in [-0.2, -0.15) is 10.5 Å². The lowest BCUT2D eigenvalue weighted by molar-refractivity contribution is -0.121. The Morgan fingerprint density at radius 2 is 1.32 bits per heavy atom. The number of nitrogens with zero attached hydrogens (tertiary/aromatic N) is 6. The van der Waals surface area contributed by atoms with Gasteiger partial charge in [0.05, 0.1) is 29.0 Å². The zero-order valence-corrected chi connectivity index (χ0v) is 23.1. The largest absolute Gasteiger partial charge is 0.328 e. The van der Waals surface area contributed by atoms with Crippen LogP contribution in [0.2, 0.25) is 0 Å². The van der Waals surface area contributed by atoms with Crippen molar-refractivity contribution in [2.45, 2.75) is 20.4 Å². The summed E-state index contributed by atoms with van der Waals surface area (Å²) in [6, 6.07) is 22.2. The van der Waals surface area contributed by atoms with Gasteiger partial charge in [0, 0.05) is 38.3 Å². The zero-order chi connectivity index (χ0) is 29.1. The number of piperazine rings is 2. The number of para-hydroxylation sites is 2. The molecule has 2 fully saturated rings. The Morgan fingerprint density at radius 1 is 0.756 bits per heavy atom. The Bertz CT molecular complexity index is 1620. The van der Waals surface area contributed by atoms with E-state index in [1.165, 1.54) is 0 Å². The van der Waals surface area contributed by atoms with Gasteiger partial charge in [0.1, 0.15) is 18.7 Å². The molecule has 2 saturated heterocycles. The van der Waals surface area contributed by atoms with Gasteiger partial charge in [-0.1, -0.05) is 30.3 Å². The standard InChI is InChI=1S/C32H30N6O3/c1-22-15-23(2)27(32(41)36-12-14-38(31(40)21-36)29-10-6-4-8-25(29)18-34)16-26(22)19-35-11-13-37(30(39)20-35)28-9-5-3-7-24(28)17-33/h3-10,15-16H,11-14,19-21H2,1-2H3. The Morgan fingerprint density at radius 3 is 1.88 bits per heavy atom. The molecule has 0 radical (unpaired) electrons. The molecule has 5 rings (SSSR count). The number of amides is 3. The molecule has 0 bridgehead atoms. The molecule has 0 unspecified atom stereocenters. The van der Waals surface area contributed by atoms with Crippen LogP contribution in [0.25, 0.3) is 0 Å². The van der Waals surface area contributed by atoms with E-state index in [0.29, 0.717) is 60.8 Å². The van der Waals surface area contributed by atoms with Crippen LogP contribution in [0.5, 0.6) is 0 Å². The first-order valence-corrected chi connectivity index (χ1v) is 13.5. The lowest BCUT2D eigenvalue weighted by Crippen LogP contribution is -2.52. The monoisotopic (exact) mass is 546 g/mol. The van der Waals surface area contributed by atoms with Gasteiger partial charge in [0.2, 0.25) is 11.8 Å². The van der Waals surface area contributed by atoms with Crippen LogP contribution in [0.15, 0.2) is 60.7 Å². The molecule has 0 atom stereocenters. The Kier molecular flexibility index (Phi) is 7.82. The maximum absolute atomic E-state index is 13.6. The number of carbonyl (C=O) groups is 3. The van der Waals surface area contributed by atoms with Crippen LogP contribution in [0, 0.1) is 36.5 Å². The van der Waals surface area contributed by atoms with E-state index in [0.717, 1.165) is 16.7 Å². The van der Waals surface area contributed by atoms with Crippen LogP contribution in [0.1, 0.15) is 38.2 Å². The molecule has 41 heavy (non-hydrogen) atoms. The molecule has 3 amide bonds. The summed E-state index contributed by atoms with van der Waals surface area (Å²) in [5, 5.41) is 18.9. The van der Waals surface area contributed by atoms with E-state index >= 15 is 0 Å². The van der Waals surface area contributed by atoms with Gasteiger partial charge in [0.25, 0.3) is 5.91 Å². The number of benzene rings is 3. The Balaban J connectivity index is 1.28. The second-order valence-corrected chi connectivity index (χ2v) is 10.4. The third kappa shape index (κ3) is 5.54. The fourth-order valence-electron chi connectivity index (χ4n) is 5.53. The van der Waals surface area contributed by atoms with Gasteiger partial charge in [-0.05, 0) is 60.9 Å². The van der Waals surface area contributed by atoms with Crippen molar-refractivity contribution in [3.05, 3.63) is 94.0 Å². The molecule has 2 heterocycles. The molecular weight excluding hydrogens is 516 g/mol. The van der Waals surface area contributed by atoms with E-state index in [-0.39, 0.29) is 30.8 Å². The SMILES string of the molecule is Cc1cc(C)c(C(=O)N2CCN(c3ccccc3C#N)C(=O)C2)cc1CN1CCN(c2ccccc2C#N)C(=O)C1. The van der Waals surface area contributed by atoms with E-state index in [2.05, 4.69) is 17.0 Å². The lowest BCUT2D eigenvalue weighted by atomic mass is 9.98. The number of hydrogen-bond donors (Lipinski definition) is 0. The fraction of sp³-hybridized carbons (Fsp3) is 0.281. The van der Waals surface area contributed by atoms with Crippen LogP contribution in [0.3, 0.4) is 0 Å². The minimum Gasteiger partial charge on any atom is -0.328 e. The molecule has 0 saturated carbocycles. The van der Waals surface area contributed by atoms with Gasteiger partial charge < -0.3 is 14.7 Å². The van der Waals surface area contributed by atoms with Crippen molar-refractivity contribution in [2.24, 2.45) is 0 Å². The number of rotatable bonds is 5. The number of aryl methyl sites for hydroxylation is 2. The number of carbonyl (C=O) groups excluding carboxylic acids is 3. The summed E-state index contributed by atoms with van der Waals surface area (Å²) >= 11 is 0. The summed E-state index contributed by atoms with van der Waals surface area (Å²) in [5.41, 5.74) is 5.43. The minimum absolute atomic E-state index is 0.0676. The molecule has 3 aromatic rings. The van der Waals surface area contributed by atoms with Gasteiger partial charge >= 0.3 is 0 Å². The minimum atomic E-state index is -0.230. The van der Waals surface area contributed by atoms with E-state index in [4.69, 9.17) is 0 Å². The Hall–Kier alpha value is -4.99. The van der Waals surface area contributed by atoms with E-state index < -0.39 is 0 Å². The molecule has 0 aliphatic carbocycles. The number of hydrogen-bond acceptors (Lipinski definition) is 6. The molecule has 0 aromatic heterocycles. The van der Waals surface area contributed by atoms with Crippen molar-refractivity contribution in [2.75, 3.05) is 49.1 Å². The lowest BCUT2D eigenvalue weighted by Gasteiger charge is -2.35. The fourth-order valence-corrected chi connectivity index (χ4v) is 5.53. The highest BCUT2D eigenvalue weighted by atomic mass is 16.2. The van der Waals surface area contributed by atoms with Gasteiger partial charge in [-0.25, -0.2) is 0 Å². The summed E-state index contributed by atoms with van der Waals surface area (Å²) in [6.45, 7) is 6.28. The van der Waals surface area contributed by atoms with Crippen molar-refractivity contribution in [1.82, 2.24) is 9.80 Å². The molecule has 0 N–H and O–H groups in total. The highest BCUT2D eigenvalue weighted by Crippen LogP contribution is 2.26. The van der Waals surface area contributed by atoms with Gasteiger partial charge in [-0.3, -0.25) is 19.3 Å². The van der Waals surface area contributed by atoms with Crippen LogP contribution in [0.4, 0.5) is 11.4 Å². The molecule has 206 valence electrons. The summed E-state index contributed by atoms with van der Waals surface area (Å²) < 4.78 is 0. The molecule has 9 heteroatoms. The average molecular weight is 547 g/mol. The predicted molar refractivity (Wildman–Crippen MR) is 154 cm³/mol. The van der Waals surface area contributed by atoms with E-state index in [9.17, 15) is 24.9 Å².